The zero-order valence-corrected chi connectivity index (χ0v) is 17.0. The summed E-state index contributed by atoms with van der Waals surface area (Å²) < 4.78 is 0. The summed E-state index contributed by atoms with van der Waals surface area (Å²) in [4.78, 5) is 28.8. The number of thiazole rings is 1. The number of halogens is 1. The number of piperidine rings is 1. The molecule has 1 aliphatic heterocycles. The summed E-state index contributed by atoms with van der Waals surface area (Å²) >= 11 is 7.48. The van der Waals surface area contributed by atoms with Crippen LogP contribution in [0.25, 0.3) is 10.6 Å². The molecule has 3 aromatic rings. The highest BCUT2D eigenvalue weighted by molar-refractivity contribution is 7.17. The molecule has 1 amide bonds. The van der Waals surface area contributed by atoms with Gasteiger partial charge in [-0.1, -0.05) is 23.7 Å². The van der Waals surface area contributed by atoms with E-state index in [4.69, 9.17) is 11.6 Å². The molecule has 0 spiro atoms. The summed E-state index contributed by atoms with van der Waals surface area (Å²) in [5, 5.41) is 4.63. The lowest BCUT2D eigenvalue weighted by atomic mass is 10.1. The molecule has 8 heteroatoms. The molecule has 144 valence electrons. The SMILES string of the molecule is Cc1nc(-c2cccc(Cl)c2)sc1C(=O)NC1CCN(c2ncccn2)CC1. The van der Waals surface area contributed by atoms with Crippen LogP contribution >= 0.6 is 22.9 Å². The highest BCUT2D eigenvalue weighted by Gasteiger charge is 2.24. The average Bonchev–Trinajstić information content (AvgIpc) is 3.11. The second kappa shape index (κ2) is 8.24. The molecule has 1 N–H and O–H groups in total. The molecule has 1 aromatic carbocycles. The Bertz CT molecular complexity index is 970. The largest absolute Gasteiger partial charge is 0.348 e. The van der Waals surface area contributed by atoms with Crippen LogP contribution in [0.15, 0.2) is 42.7 Å². The lowest BCUT2D eigenvalue weighted by Crippen LogP contribution is -2.45. The summed E-state index contributed by atoms with van der Waals surface area (Å²) in [5.74, 6) is 0.689. The Morgan fingerprint density at radius 3 is 2.68 bits per heavy atom. The van der Waals surface area contributed by atoms with Crippen molar-refractivity contribution < 1.29 is 4.79 Å². The maximum absolute atomic E-state index is 12.8. The van der Waals surface area contributed by atoms with Gasteiger partial charge < -0.3 is 10.2 Å². The van der Waals surface area contributed by atoms with Crippen LogP contribution < -0.4 is 10.2 Å². The zero-order chi connectivity index (χ0) is 19.5. The molecule has 0 aliphatic carbocycles. The number of carbonyl (C=O) groups excluding carboxylic acids is 1. The number of hydrogen-bond donors (Lipinski definition) is 1. The van der Waals surface area contributed by atoms with Crippen molar-refractivity contribution in [2.45, 2.75) is 25.8 Å². The normalized spacial score (nSPS) is 14.9. The van der Waals surface area contributed by atoms with Gasteiger partial charge in [0, 0.05) is 42.1 Å². The summed E-state index contributed by atoms with van der Waals surface area (Å²) in [7, 11) is 0. The predicted octanol–water partition coefficient (Wildman–Crippen LogP) is 3.96. The summed E-state index contributed by atoms with van der Waals surface area (Å²) in [6.45, 7) is 3.52. The van der Waals surface area contributed by atoms with Crippen LogP contribution in [0.4, 0.5) is 5.95 Å². The maximum atomic E-state index is 12.8. The number of aryl methyl sites for hydroxylation is 1. The molecule has 0 saturated carbocycles. The van der Waals surface area contributed by atoms with E-state index in [1.807, 2.05) is 37.3 Å². The topological polar surface area (TPSA) is 71.0 Å². The summed E-state index contributed by atoms with van der Waals surface area (Å²) in [5.41, 5.74) is 1.67. The van der Waals surface area contributed by atoms with E-state index in [1.165, 1.54) is 11.3 Å². The Morgan fingerprint density at radius 1 is 1.21 bits per heavy atom. The monoisotopic (exact) mass is 413 g/mol. The first-order valence-electron chi connectivity index (χ1n) is 9.16. The van der Waals surface area contributed by atoms with E-state index in [-0.39, 0.29) is 11.9 Å². The Hall–Kier alpha value is -2.51. The van der Waals surface area contributed by atoms with Crippen molar-refractivity contribution in [2.24, 2.45) is 0 Å². The van der Waals surface area contributed by atoms with Gasteiger partial charge in [0.1, 0.15) is 9.88 Å². The fourth-order valence-electron chi connectivity index (χ4n) is 3.28. The molecule has 6 nitrogen and oxygen atoms in total. The third-order valence-corrected chi connectivity index (χ3v) is 6.18. The molecule has 1 saturated heterocycles. The lowest BCUT2D eigenvalue weighted by Gasteiger charge is -2.32. The summed E-state index contributed by atoms with van der Waals surface area (Å²) in [6.07, 6.45) is 5.23. The van der Waals surface area contributed by atoms with Crippen LogP contribution in [0.3, 0.4) is 0 Å². The van der Waals surface area contributed by atoms with E-state index in [9.17, 15) is 4.79 Å². The van der Waals surface area contributed by atoms with Crippen LogP contribution in [0, 0.1) is 6.92 Å². The minimum absolute atomic E-state index is 0.0577. The standard InChI is InChI=1S/C20H20ClN5OS/c1-13-17(28-19(24-13)14-4-2-5-15(21)12-14)18(27)25-16-6-10-26(11-7-16)20-22-8-3-9-23-20/h2-5,8-9,12,16H,6-7,10-11H2,1H3,(H,25,27). The predicted molar refractivity (Wildman–Crippen MR) is 112 cm³/mol. The Labute approximate surface area is 172 Å². The third kappa shape index (κ3) is 4.15. The van der Waals surface area contributed by atoms with Crippen molar-refractivity contribution in [1.82, 2.24) is 20.3 Å². The number of aromatic nitrogens is 3. The van der Waals surface area contributed by atoms with Crippen molar-refractivity contribution in [2.75, 3.05) is 18.0 Å². The number of hydrogen-bond acceptors (Lipinski definition) is 6. The van der Waals surface area contributed by atoms with E-state index in [0.717, 1.165) is 48.1 Å². The molecule has 1 fully saturated rings. The molecule has 28 heavy (non-hydrogen) atoms. The van der Waals surface area contributed by atoms with E-state index in [2.05, 4.69) is 25.2 Å². The van der Waals surface area contributed by atoms with E-state index < -0.39 is 0 Å². The molecule has 4 rings (SSSR count). The molecule has 0 unspecified atom stereocenters. The minimum Gasteiger partial charge on any atom is -0.348 e. The Morgan fingerprint density at radius 2 is 1.96 bits per heavy atom. The minimum atomic E-state index is -0.0577. The smallest absolute Gasteiger partial charge is 0.263 e. The van der Waals surface area contributed by atoms with Gasteiger partial charge in [-0.3, -0.25) is 4.79 Å². The lowest BCUT2D eigenvalue weighted by molar-refractivity contribution is 0.0934. The second-order valence-corrected chi connectivity index (χ2v) is 8.16. The molecular weight excluding hydrogens is 394 g/mol. The van der Waals surface area contributed by atoms with Crippen molar-refractivity contribution in [3.8, 4) is 10.6 Å². The van der Waals surface area contributed by atoms with Crippen LogP contribution in [-0.2, 0) is 0 Å². The highest BCUT2D eigenvalue weighted by Crippen LogP contribution is 2.29. The first-order chi connectivity index (χ1) is 13.6. The second-order valence-electron chi connectivity index (χ2n) is 6.73. The van der Waals surface area contributed by atoms with Gasteiger partial charge in [0.2, 0.25) is 5.95 Å². The molecule has 0 bridgehead atoms. The van der Waals surface area contributed by atoms with Gasteiger partial charge in [-0.15, -0.1) is 11.3 Å². The number of nitrogens with one attached hydrogen (secondary N) is 1. The van der Waals surface area contributed by atoms with E-state index in [0.29, 0.717) is 9.90 Å². The third-order valence-electron chi connectivity index (χ3n) is 4.74. The van der Waals surface area contributed by atoms with E-state index >= 15 is 0 Å². The van der Waals surface area contributed by atoms with Gasteiger partial charge in [0.15, 0.2) is 0 Å². The Kier molecular flexibility index (Phi) is 5.54. The van der Waals surface area contributed by atoms with Crippen LogP contribution in [0.1, 0.15) is 28.2 Å². The summed E-state index contributed by atoms with van der Waals surface area (Å²) in [6, 6.07) is 9.48. The van der Waals surface area contributed by atoms with Crippen LogP contribution in [-0.4, -0.2) is 40.0 Å². The number of rotatable bonds is 4. The maximum Gasteiger partial charge on any atom is 0.263 e. The van der Waals surface area contributed by atoms with Gasteiger partial charge in [-0.2, -0.15) is 0 Å². The fraction of sp³-hybridized carbons (Fsp3) is 0.300. The van der Waals surface area contributed by atoms with Gasteiger partial charge >= 0.3 is 0 Å². The van der Waals surface area contributed by atoms with Crippen LogP contribution in [0.5, 0.6) is 0 Å². The molecule has 3 heterocycles. The zero-order valence-electron chi connectivity index (χ0n) is 15.4. The highest BCUT2D eigenvalue weighted by atomic mass is 35.5. The molecule has 0 atom stereocenters. The van der Waals surface area contributed by atoms with Crippen molar-refractivity contribution in [3.63, 3.8) is 0 Å². The number of nitrogens with zero attached hydrogens (tertiary/aromatic N) is 4. The van der Waals surface area contributed by atoms with Gasteiger partial charge in [-0.05, 0) is 38.0 Å². The average molecular weight is 414 g/mol. The van der Waals surface area contributed by atoms with Crippen molar-refractivity contribution in [3.05, 3.63) is 58.3 Å². The number of amides is 1. The number of anilines is 1. The molecule has 1 aliphatic rings. The van der Waals surface area contributed by atoms with Crippen molar-refractivity contribution >= 4 is 34.8 Å². The van der Waals surface area contributed by atoms with E-state index in [1.54, 1.807) is 12.4 Å². The first kappa shape index (κ1) is 18.8. The number of benzene rings is 1. The number of carbonyl (C=O) groups is 1. The van der Waals surface area contributed by atoms with Gasteiger partial charge in [-0.25, -0.2) is 15.0 Å². The first-order valence-corrected chi connectivity index (χ1v) is 10.4. The van der Waals surface area contributed by atoms with Crippen LogP contribution in [0.2, 0.25) is 5.02 Å². The van der Waals surface area contributed by atoms with Crippen molar-refractivity contribution in [1.29, 1.82) is 0 Å². The quantitative estimate of drug-likeness (QED) is 0.700. The van der Waals surface area contributed by atoms with Gasteiger partial charge in [0.25, 0.3) is 5.91 Å². The molecule has 2 aromatic heterocycles. The van der Waals surface area contributed by atoms with Gasteiger partial charge in [0.05, 0.1) is 5.69 Å². The Balaban J connectivity index is 1.39. The molecule has 0 radical (unpaired) electrons. The molecular formula is C20H20ClN5OS. The fourth-order valence-corrected chi connectivity index (χ4v) is 4.44.